The third kappa shape index (κ3) is 2.90. The molecule has 0 bridgehead atoms. The summed E-state index contributed by atoms with van der Waals surface area (Å²) < 4.78 is 0. The molecule has 0 radical (unpaired) electrons. The quantitative estimate of drug-likeness (QED) is 0.885. The molecule has 102 valence electrons. The average Bonchev–Trinajstić information content (AvgIpc) is 2.32. The van der Waals surface area contributed by atoms with E-state index in [2.05, 4.69) is 56.1 Å². The highest BCUT2D eigenvalue weighted by molar-refractivity contribution is 5.61. The molecule has 3 nitrogen and oxygen atoms in total. The fraction of sp³-hybridized carbons (Fsp3) is 0.562. The highest BCUT2D eigenvalue weighted by atomic mass is 15.2. The Balaban J connectivity index is 2.31. The van der Waals surface area contributed by atoms with Gasteiger partial charge in [-0.1, -0.05) is 17.7 Å². The van der Waals surface area contributed by atoms with Crippen molar-refractivity contribution in [3.8, 4) is 6.07 Å². The van der Waals surface area contributed by atoms with Crippen molar-refractivity contribution in [2.45, 2.75) is 46.2 Å². The number of nitriles is 1. The van der Waals surface area contributed by atoms with Crippen LogP contribution in [0.4, 0.5) is 5.69 Å². The van der Waals surface area contributed by atoms with Gasteiger partial charge in [0.25, 0.3) is 0 Å². The number of piperazine rings is 1. The van der Waals surface area contributed by atoms with Crippen molar-refractivity contribution in [2.24, 2.45) is 0 Å². The monoisotopic (exact) mass is 257 g/mol. The lowest BCUT2D eigenvalue weighted by Gasteiger charge is -2.41. The van der Waals surface area contributed by atoms with Gasteiger partial charge < -0.3 is 10.2 Å². The fourth-order valence-electron chi connectivity index (χ4n) is 3.11. The van der Waals surface area contributed by atoms with Crippen molar-refractivity contribution in [3.63, 3.8) is 0 Å². The summed E-state index contributed by atoms with van der Waals surface area (Å²) in [5.41, 5.74) is 5.33. The van der Waals surface area contributed by atoms with Gasteiger partial charge in [0.1, 0.15) is 0 Å². The highest BCUT2D eigenvalue weighted by Crippen LogP contribution is 2.29. The zero-order valence-corrected chi connectivity index (χ0v) is 12.3. The summed E-state index contributed by atoms with van der Waals surface area (Å²) in [5, 5.41) is 12.3. The second kappa shape index (κ2) is 5.63. The van der Waals surface area contributed by atoms with E-state index in [9.17, 15) is 0 Å². The van der Waals surface area contributed by atoms with E-state index in [0.29, 0.717) is 12.5 Å². The first-order valence-electron chi connectivity index (χ1n) is 6.97. The number of hydrogen-bond acceptors (Lipinski definition) is 3. The molecule has 1 saturated heterocycles. The first kappa shape index (κ1) is 13.9. The van der Waals surface area contributed by atoms with Gasteiger partial charge in [0.05, 0.1) is 12.5 Å². The van der Waals surface area contributed by atoms with Crippen molar-refractivity contribution in [3.05, 3.63) is 28.8 Å². The number of benzene rings is 1. The summed E-state index contributed by atoms with van der Waals surface area (Å²) in [6.07, 6.45) is 0.577. The minimum absolute atomic E-state index is 0.279. The molecule has 2 unspecified atom stereocenters. The Morgan fingerprint density at radius 1 is 1.32 bits per heavy atom. The molecule has 19 heavy (non-hydrogen) atoms. The molecular formula is C16H23N3. The van der Waals surface area contributed by atoms with Crippen molar-refractivity contribution >= 4 is 5.69 Å². The van der Waals surface area contributed by atoms with Crippen LogP contribution in [-0.2, 0) is 0 Å². The summed E-state index contributed by atoms with van der Waals surface area (Å²) in [4.78, 5) is 2.46. The molecular weight excluding hydrogens is 234 g/mol. The molecule has 0 amide bonds. The van der Waals surface area contributed by atoms with Gasteiger partial charge >= 0.3 is 0 Å². The Morgan fingerprint density at radius 3 is 2.53 bits per heavy atom. The van der Waals surface area contributed by atoms with Gasteiger partial charge in [-0.3, -0.25) is 0 Å². The number of nitrogens with zero attached hydrogens (tertiary/aromatic N) is 2. The van der Waals surface area contributed by atoms with Gasteiger partial charge in [-0.15, -0.1) is 0 Å². The Labute approximate surface area is 116 Å². The fourth-order valence-corrected chi connectivity index (χ4v) is 3.11. The molecule has 2 atom stereocenters. The lowest BCUT2D eigenvalue weighted by molar-refractivity contribution is 0.408. The molecule has 2 rings (SSSR count). The van der Waals surface area contributed by atoms with E-state index in [-0.39, 0.29) is 6.04 Å². The summed E-state index contributed by atoms with van der Waals surface area (Å²) >= 11 is 0. The van der Waals surface area contributed by atoms with Gasteiger partial charge in [0.2, 0.25) is 0 Å². The Morgan fingerprint density at radius 2 is 1.95 bits per heavy atom. The SMILES string of the molecule is Cc1cc(C)c(N2CC(CC#N)NCC2C)c(C)c1. The van der Waals surface area contributed by atoms with Crippen LogP contribution in [0.15, 0.2) is 12.1 Å². The molecule has 1 aromatic rings. The van der Waals surface area contributed by atoms with Crippen LogP contribution in [-0.4, -0.2) is 25.2 Å². The topological polar surface area (TPSA) is 39.1 Å². The van der Waals surface area contributed by atoms with Crippen LogP contribution < -0.4 is 10.2 Å². The normalized spacial score (nSPS) is 23.2. The number of aryl methyl sites for hydroxylation is 3. The van der Waals surface area contributed by atoms with Crippen molar-refractivity contribution in [1.29, 1.82) is 5.26 Å². The van der Waals surface area contributed by atoms with E-state index in [1.165, 1.54) is 22.4 Å². The highest BCUT2D eigenvalue weighted by Gasteiger charge is 2.26. The summed E-state index contributed by atoms with van der Waals surface area (Å²) in [5.74, 6) is 0. The van der Waals surface area contributed by atoms with Crippen LogP contribution >= 0.6 is 0 Å². The Bertz CT molecular complexity index is 478. The zero-order chi connectivity index (χ0) is 14.0. The van der Waals surface area contributed by atoms with Crippen LogP contribution in [0.2, 0.25) is 0 Å². The average molecular weight is 257 g/mol. The summed E-state index contributed by atoms with van der Waals surface area (Å²) in [6, 6.07) is 7.51. The second-order valence-corrected chi connectivity index (χ2v) is 5.72. The largest absolute Gasteiger partial charge is 0.366 e. The van der Waals surface area contributed by atoms with E-state index in [1.807, 2.05) is 0 Å². The standard InChI is InChI=1S/C16H23N3/c1-11-7-12(2)16(13(3)8-11)19-10-15(5-6-17)18-9-14(19)4/h7-8,14-15,18H,5,9-10H2,1-4H3. The molecule has 0 saturated carbocycles. The van der Waals surface area contributed by atoms with Crippen LogP contribution in [0.5, 0.6) is 0 Å². The van der Waals surface area contributed by atoms with Crippen molar-refractivity contribution in [1.82, 2.24) is 5.32 Å². The van der Waals surface area contributed by atoms with Gasteiger partial charge in [0.15, 0.2) is 0 Å². The van der Waals surface area contributed by atoms with E-state index in [1.54, 1.807) is 0 Å². The third-order valence-electron chi connectivity index (χ3n) is 3.91. The lowest BCUT2D eigenvalue weighted by Crippen LogP contribution is -2.55. The number of nitrogens with one attached hydrogen (secondary N) is 1. The summed E-state index contributed by atoms with van der Waals surface area (Å²) in [6.45, 7) is 10.6. The second-order valence-electron chi connectivity index (χ2n) is 5.72. The van der Waals surface area contributed by atoms with Crippen LogP contribution in [0, 0.1) is 32.1 Å². The Kier molecular flexibility index (Phi) is 4.11. The van der Waals surface area contributed by atoms with Gasteiger partial charge in [-0.2, -0.15) is 5.26 Å². The van der Waals surface area contributed by atoms with E-state index in [0.717, 1.165) is 13.1 Å². The lowest BCUT2D eigenvalue weighted by atomic mass is 10.00. The minimum Gasteiger partial charge on any atom is -0.366 e. The van der Waals surface area contributed by atoms with Crippen LogP contribution in [0.3, 0.4) is 0 Å². The first-order valence-corrected chi connectivity index (χ1v) is 6.97. The minimum atomic E-state index is 0.279. The third-order valence-corrected chi connectivity index (χ3v) is 3.91. The van der Waals surface area contributed by atoms with E-state index in [4.69, 9.17) is 5.26 Å². The maximum Gasteiger partial charge on any atom is 0.0638 e. The number of anilines is 1. The molecule has 1 aliphatic rings. The zero-order valence-electron chi connectivity index (χ0n) is 12.3. The predicted molar refractivity (Wildman–Crippen MR) is 79.5 cm³/mol. The number of hydrogen-bond donors (Lipinski definition) is 1. The smallest absolute Gasteiger partial charge is 0.0638 e. The molecule has 1 heterocycles. The molecule has 0 aliphatic carbocycles. The predicted octanol–water partition coefficient (Wildman–Crippen LogP) is 2.69. The molecule has 3 heteroatoms. The first-order chi connectivity index (χ1) is 9.02. The molecule has 1 aliphatic heterocycles. The van der Waals surface area contributed by atoms with E-state index < -0.39 is 0 Å². The molecule has 1 N–H and O–H groups in total. The van der Waals surface area contributed by atoms with Gasteiger partial charge in [-0.25, -0.2) is 0 Å². The molecule has 1 fully saturated rings. The maximum atomic E-state index is 8.88. The van der Waals surface area contributed by atoms with Crippen LogP contribution in [0.25, 0.3) is 0 Å². The molecule has 1 aromatic carbocycles. The molecule has 0 aromatic heterocycles. The van der Waals surface area contributed by atoms with Crippen LogP contribution in [0.1, 0.15) is 30.0 Å². The van der Waals surface area contributed by atoms with Crippen molar-refractivity contribution < 1.29 is 0 Å². The van der Waals surface area contributed by atoms with Crippen molar-refractivity contribution in [2.75, 3.05) is 18.0 Å². The maximum absolute atomic E-state index is 8.88. The van der Waals surface area contributed by atoms with Gasteiger partial charge in [0, 0.05) is 30.9 Å². The molecule has 0 spiro atoms. The summed E-state index contributed by atoms with van der Waals surface area (Å²) in [7, 11) is 0. The Hall–Kier alpha value is -1.53. The number of rotatable bonds is 2. The van der Waals surface area contributed by atoms with E-state index >= 15 is 0 Å². The van der Waals surface area contributed by atoms with Gasteiger partial charge in [-0.05, 0) is 38.8 Å².